The van der Waals surface area contributed by atoms with Crippen molar-refractivity contribution in [3.8, 4) is 0 Å². The monoisotopic (exact) mass is 424 g/mol. The lowest BCUT2D eigenvalue weighted by atomic mass is 9.99. The van der Waals surface area contributed by atoms with E-state index in [0.717, 1.165) is 0 Å². The molecule has 0 aliphatic carbocycles. The predicted octanol–water partition coefficient (Wildman–Crippen LogP) is 0.567. The number of amides is 3. The van der Waals surface area contributed by atoms with Gasteiger partial charge in [0, 0.05) is 13.1 Å². The molecule has 2 rings (SSSR count). The second-order valence-electron chi connectivity index (χ2n) is 9.18. The highest BCUT2D eigenvalue weighted by molar-refractivity contribution is 5.94. The molecule has 3 amide bonds. The molecule has 0 aromatic rings. The lowest BCUT2D eigenvalue weighted by Crippen LogP contribution is -2.58. The fraction of sp³-hybridized carbons (Fsp3) is 0.810. The zero-order chi connectivity index (χ0) is 22.6. The maximum atomic E-state index is 13.3. The van der Waals surface area contributed by atoms with Gasteiger partial charge in [0.1, 0.15) is 18.1 Å². The van der Waals surface area contributed by atoms with E-state index in [2.05, 4.69) is 5.32 Å². The zero-order valence-electron chi connectivity index (χ0n) is 18.5. The summed E-state index contributed by atoms with van der Waals surface area (Å²) in [4.78, 5) is 53.3. The Bertz CT molecular complexity index is 666. The van der Waals surface area contributed by atoms with Gasteiger partial charge >= 0.3 is 5.97 Å². The first kappa shape index (κ1) is 24.1. The number of hydrogen-bond donors (Lipinski definition) is 3. The normalized spacial score (nSPS) is 23.7. The quantitative estimate of drug-likeness (QED) is 0.522. The van der Waals surface area contributed by atoms with Crippen LogP contribution >= 0.6 is 0 Å². The van der Waals surface area contributed by atoms with Crippen molar-refractivity contribution >= 4 is 23.7 Å². The minimum atomic E-state index is -1.01. The molecule has 2 fully saturated rings. The minimum Gasteiger partial charge on any atom is -0.480 e. The second-order valence-corrected chi connectivity index (χ2v) is 9.18. The third-order valence-corrected chi connectivity index (χ3v) is 5.93. The molecule has 0 saturated carbocycles. The summed E-state index contributed by atoms with van der Waals surface area (Å²) in [5, 5.41) is 12.2. The lowest BCUT2D eigenvalue weighted by molar-refractivity contribution is -0.152. The molecular weight excluding hydrogens is 388 g/mol. The van der Waals surface area contributed by atoms with Crippen LogP contribution in [0.4, 0.5) is 0 Å². The zero-order valence-corrected chi connectivity index (χ0v) is 18.5. The molecule has 0 spiro atoms. The van der Waals surface area contributed by atoms with Crippen LogP contribution in [0.2, 0.25) is 0 Å². The molecule has 30 heavy (non-hydrogen) atoms. The third-order valence-electron chi connectivity index (χ3n) is 5.93. The molecule has 4 atom stereocenters. The summed E-state index contributed by atoms with van der Waals surface area (Å²) >= 11 is 0. The smallest absolute Gasteiger partial charge is 0.326 e. The van der Waals surface area contributed by atoms with Crippen molar-refractivity contribution in [2.45, 2.75) is 84.0 Å². The Labute approximate surface area is 178 Å². The molecule has 9 nitrogen and oxygen atoms in total. The van der Waals surface area contributed by atoms with Gasteiger partial charge in [0.05, 0.1) is 6.04 Å². The summed E-state index contributed by atoms with van der Waals surface area (Å²) in [5.41, 5.74) is 5.97. The SMILES string of the molecule is CC(C)C[C@H](N)C(=O)N[C@H](C(=O)N1CCC[C@H]1C(=O)N1CCC[C@H]1C(=O)O)C(C)C. The van der Waals surface area contributed by atoms with Crippen LogP contribution in [-0.4, -0.2) is 75.9 Å². The van der Waals surface area contributed by atoms with E-state index in [9.17, 15) is 24.3 Å². The number of carboxylic acid groups (broad SMARTS) is 1. The second kappa shape index (κ2) is 10.2. The average molecular weight is 425 g/mol. The number of nitrogens with two attached hydrogens (primary N) is 1. The van der Waals surface area contributed by atoms with Gasteiger partial charge in [-0.25, -0.2) is 4.79 Å². The van der Waals surface area contributed by atoms with Crippen LogP contribution in [0.15, 0.2) is 0 Å². The van der Waals surface area contributed by atoms with Crippen LogP contribution in [0.25, 0.3) is 0 Å². The van der Waals surface area contributed by atoms with Gasteiger partial charge in [-0.3, -0.25) is 14.4 Å². The maximum absolute atomic E-state index is 13.3. The lowest BCUT2D eigenvalue weighted by Gasteiger charge is -2.33. The van der Waals surface area contributed by atoms with Gasteiger partial charge < -0.3 is 26.0 Å². The third kappa shape index (κ3) is 5.50. The molecular formula is C21H36N4O5. The molecule has 2 aliphatic rings. The van der Waals surface area contributed by atoms with Gasteiger partial charge in [-0.1, -0.05) is 27.7 Å². The van der Waals surface area contributed by atoms with Crippen molar-refractivity contribution in [1.82, 2.24) is 15.1 Å². The molecule has 2 aliphatic heterocycles. The Balaban J connectivity index is 2.12. The Morgan fingerprint density at radius 1 is 1.00 bits per heavy atom. The fourth-order valence-electron chi connectivity index (χ4n) is 4.33. The van der Waals surface area contributed by atoms with E-state index in [0.29, 0.717) is 45.2 Å². The number of rotatable bonds is 8. The highest BCUT2D eigenvalue weighted by Gasteiger charge is 2.44. The van der Waals surface area contributed by atoms with E-state index in [1.165, 1.54) is 9.80 Å². The van der Waals surface area contributed by atoms with Crippen LogP contribution in [0.5, 0.6) is 0 Å². The van der Waals surface area contributed by atoms with Crippen LogP contribution in [0, 0.1) is 11.8 Å². The molecule has 0 aromatic heterocycles. The van der Waals surface area contributed by atoms with E-state index in [1.807, 2.05) is 27.7 Å². The van der Waals surface area contributed by atoms with E-state index in [1.54, 1.807) is 0 Å². The Morgan fingerprint density at radius 2 is 1.57 bits per heavy atom. The van der Waals surface area contributed by atoms with Crippen molar-refractivity contribution in [3.63, 3.8) is 0 Å². The highest BCUT2D eigenvalue weighted by Crippen LogP contribution is 2.26. The van der Waals surface area contributed by atoms with Crippen molar-refractivity contribution in [2.24, 2.45) is 17.6 Å². The number of carbonyl (C=O) groups is 4. The summed E-state index contributed by atoms with van der Waals surface area (Å²) in [5.74, 6) is -1.93. The fourth-order valence-corrected chi connectivity index (χ4v) is 4.33. The number of hydrogen-bond acceptors (Lipinski definition) is 5. The molecule has 0 aromatic carbocycles. The number of carbonyl (C=O) groups excluding carboxylic acids is 3. The Kier molecular flexibility index (Phi) is 8.23. The molecule has 4 N–H and O–H groups in total. The van der Waals surface area contributed by atoms with Crippen LogP contribution in [0.3, 0.4) is 0 Å². The van der Waals surface area contributed by atoms with Gasteiger partial charge in [0.25, 0.3) is 0 Å². The van der Waals surface area contributed by atoms with Gasteiger partial charge in [-0.05, 0) is 43.9 Å². The molecule has 2 heterocycles. The molecule has 9 heteroatoms. The molecule has 0 bridgehead atoms. The van der Waals surface area contributed by atoms with E-state index in [-0.39, 0.29) is 29.6 Å². The van der Waals surface area contributed by atoms with Crippen molar-refractivity contribution in [3.05, 3.63) is 0 Å². The Hall–Kier alpha value is -2.16. The average Bonchev–Trinajstić information content (AvgIpc) is 3.33. The summed E-state index contributed by atoms with van der Waals surface area (Å²) in [6.45, 7) is 8.43. The van der Waals surface area contributed by atoms with E-state index >= 15 is 0 Å². The predicted molar refractivity (Wildman–Crippen MR) is 111 cm³/mol. The summed E-state index contributed by atoms with van der Waals surface area (Å²) in [7, 11) is 0. The maximum Gasteiger partial charge on any atom is 0.326 e. The molecule has 2 saturated heterocycles. The van der Waals surface area contributed by atoms with Crippen LogP contribution in [0.1, 0.15) is 59.8 Å². The van der Waals surface area contributed by atoms with Gasteiger partial charge in [-0.15, -0.1) is 0 Å². The molecule has 0 unspecified atom stereocenters. The summed E-state index contributed by atoms with van der Waals surface area (Å²) in [6, 6.07) is -2.99. The first-order valence-corrected chi connectivity index (χ1v) is 10.9. The van der Waals surface area contributed by atoms with Gasteiger partial charge in [0.15, 0.2) is 0 Å². The number of nitrogens with one attached hydrogen (secondary N) is 1. The number of carboxylic acids is 1. The number of likely N-dealkylation sites (tertiary alicyclic amines) is 2. The number of aliphatic carboxylic acids is 1. The van der Waals surface area contributed by atoms with Crippen LogP contribution < -0.4 is 11.1 Å². The number of nitrogens with zero attached hydrogens (tertiary/aromatic N) is 2. The standard InChI is InChI=1S/C21H36N4O5/c1-12(2)11-14(22)18(26)23-17(13(3)4)20(28)24-9-5-7-15(24)19(27)25-10-6-8-16(25)21(29)30/h12-17H,5-11,22H2,1-4H3,(H,23,26)(H,29,30)/t14-,15-,16-,17-/m0/s1. The van der Waals surface area contributed by atoms with E-state index in [4.69, 9.17) is 5.73 Å². The van der Waals surface area contributed by atoms with Gasteiger partial charge in [0.2, 0.25) is 17.7 Å². The van der Waals surface area contributed by atoms with E-state index < -0.39 is 30.1 Å². The summed E-state index contributed by atoms with van der Waals surface area (Å²) < 4.78 is 0. The van der Waals surface area contributed by atoms with Crippen LogP contribution in [-0.2, 0) is 19.2 Å². The highest BCUT2D eigenvalue weighted by atomic mass is 16.4. The van der Waals surface area contributed by atoms with Crippen molar-refractivity contribution < 1.29 is 24.3 Å². The first-order chi connectivity index (χ1) is 14.0. The Morgan fingerprint density at radius 3 is 2.10 bits per heavy atom. The summed E-state index contributed by atoms with van der Waals surface area (Å²) in [6.07, 6.45) is 2.75. The first-order valence-electron chi connectivity index (χ1n) is 10.9. The topological polar surface area (TPSA) is 133 Å². The molecule has 170 valence electrons. The molecule has 0 radical (unpaired) electrons. The van der Waals surface area contributed by atoms with Gasteiger partial charge in [-0.2, -0.15) is 0 Å². The largest absolute Gasteiger partial charge is 0.480 e. The van der Waals surface area contributed by atoms with Crippen molar-refractivity contribution in [2.75, 3.05) is 13.1 Å². The van der Waals surface area contributed by atoms with Crippen molar-refractivity contribution in [1.29, 1.82) is 0 Å². The minimum absolute atomic E-state index is 0.178.